The Morgan fingerprint density at radius 2 is 1.88 bits per heavy atom. The molecule has 0 unspecified atom stereocenters. The van der Waals surface area contributed by atoms with Crippen LogP contribution < -0.4 is 16.2 Å². The maximum atomic E-state index is 14.2. The Bertz CT molecular complexity index is 920. The van der Waals surface area contributed by atoms with E-state index in [1.165, 1.54) is 6.20 Å². The van der Waals surface area contributed by atoms with Crippen LogP contribution in [0, 0.1) is 18.6 Å². The molecule has 1 fully saturated rings. The summed E-state index contributed by atoms with van der Waals surface area (Å²) in [6.07, 6.45) is 3.54. The van der Waals surface area contributed by atoms with Crippen LogP contribution in [0.4, 0.5) is 20.2 Å². The van der Waals surface area contributed by atoms with Gasteiger partial charge < -0.3 is 11.1 Å². The molecule has 3 rings (SSSR count). The largest absolute Gasteiger partial charge is 0.396 e. The van der Waals surface area contributed by atoms with E-state index in [0.717, 1.165) is 24.1 Å². The lowest BCUT2D eigenvalue weighted by atomic mass is 10.1. The van der Waals surface area contributed by atoms with Gasteiger partial charge in [0.2, 0.25) is 10.0 Å². The van der Waals surface area contributed by atoms with Crippen LogP contribution in [0.15, 0.2) is 23.2 Å². The number of aryl methyl sites for hydroxylation is 1. The zero-order valence-corrected chi connectivity index (χ0v) is 14.3. The monoisotopic (exact) mass is 368 g/mol. The highest BCUT2D eigenvalue weighted by atomic mass is 32.2. The minimum absolute atomic E-state index is 0.185. The zero-order valence-electron chi connectivity index (χ0n) is 13.5. The van der Waals surface area contributed by atoms with Gasteiger partial charge >= 0.3 is 0 Å². The van der Waals surface area contributed by atoms with Crippen LogP contribution in [0.2, 0.25) is 0 Å². The molecule has 1 aliphatic rings. The number of nitrogens with zero attached hydrogens (tertiary/aromatic N) is 1. The smallest absolute Gasteiger partial charge is 0.238 e. The number of aromatic nitrogens is 1. The summed E-state index contributed by atoms with van der Waals surface area (Å²) in [5, 5.41) is 7.88. The predicted molar refractivity (Wildman–Crippen MR) is 90.4 cm³/mol. The van der Waals surface area contributed by atoms with Crippen LogP contribution in [-0.4, -0.2) is 13.4 Å². The normalized spacial score (nSPS) is 14.6. The molecule has 0 bridgehead atoms. The predicted octanol–water partition coefficient (Wildman–Crippen LogP) is 2.39. The molecular formula is C16H18F2N4O2S. The Labute approximate surface area is 144 Å². The van der Waals surface area contributed by atoms with Crippen molar-refractivity contribution in [1.29, 1.82) is 0 Å². The molecule has 0 atom stereocenters. The summed E-state index contributed by atoms with van der Waals surface area (Å²) >= 11 is 0. The van der Waals surface area contributed by atoms with E-state index >= 15 is 0 Å². The fourth-order valence-electron chi connectivity index (χ4n) is 2.80. The van der Waals surface area contributed by atoms with Gasteiger partial charge in [0.1, 0.15) is 11.6 Å². The van der Waals surface area contributed by atoms with Crippen molar-refractivity contribution in [3.05, 3.63) is 46.8 Å². The second-order valence-corrected chi connectivity index (χ2v) is 7.69. The van der Waals surface area contributed by atoms with Gasteiger partial charge in [0.05, 0.1) is 22.5 Å². The van der Waals surface area contributed by atoms with Crippen molar-refractivity contribution in [2.24, 2.45) is 5.14 Å². The minimum atomic E-state index is -4.18. The number of nitrogen functional groups attached to an aromatic ring is 1. The van der Waals surface area contributed by atoms with Gasteiger partial charge in [0, 0.05) is 23.4 Å². The van der Waals surface area contributed by atoms with Crippen molar-refractivity contribution >= 4 is 21.4 Å². The van der Waals surface area contributed by atoms with Gasteiger partial charge in [0.15, 0.2) is 0 Å². The van der Waals surface area contributed by atoms with Gasteiger partial charge in [-0.25, -0.2) is 22.3 Å². The lowest BCUT2D eigenvalue weighted by Gasteiger charge is -2.17. The molecular weight excluding hydrogens is 350 g/mol. The molecule has 6 nitrogen and oxygen atoms in total. The molecule has 0 amide bonds. The number of anilines is 2. The van der Waals surface area contributed by atoms with Crippen molar-refractivity contribution in [1.82, 2.24) is 4.98 Å². The van der Waals surface area contributed by atoms with Crippen molar-refractivity contribution in [3.8, 4) is 0 Å². The third-order valence-corrected chi connectivity index (χ3v) is 5.11. The highest BCUT2D eigenvalue weighted by molar-refractivity contribution is 7.89. The highest BCUT2D eigenvalue weighted by Crippen LogP contribution is 2.46. The van der Waals surface area contributed by atoms with Gasteiger partial charge in [-0.15, -0.1) is 0 Å². The van der Waals surface area contributed by atoms with Crippen LogP contribution in [-0.2, 0) is 16.6 Å². The Morgan fingerprint density at radius 3 is 2.40 bits per heavy atom. The molecule has 0 radical (unpaired) electrons. The number of nitrogens with two attached hydrogens (primary N) is 2. The van der Waals surface area contributed by atoms with E-state index in [2.05, 4.69) is 10.3 Å². The van der Waals surface area contributed by atoms with E-state index < -0.39 is 26.6 Å². The maximum Gasteiger partial charge on any atom is 0.238 e. The van der Waals surface area contributed by atoms with Gasteiger partial charge in [-0.3, -0.25) is 4.98 Å². The third kappa shape index (κ3) is 3.57. The van der Waals surface area contributed by atoms with E-state index in [9.17, 15) is 17.2 Å². The molecule has 1 aromatic heterocycles. The maximum absolute atomic E-state index is 14.2. The minimum Gasteiger partial charge on any atom is -0.396 e. The van der Waals surface area contributed by atoms with Crippen molar-refractivity contribution in [2.75, 3.05) is 11.1 Å². The van der Waals surface area contributed by atoms with Gasteiger partial charge in [-0.05, 0) is 37.8 Å². The molecule has 9 heteroatoms. The SMILES string of the molecule is Cc1ncc(N)c(NCc2c(F)cc(S(N)(=O)=O)cc2F)c1C1CC1. The Balaban J connectivity index is 1.92. The van der Waals surface area contributed by atoms with E-state index in [0.29, 0.717) is 29.4 Å². The van der Waals surface area contributed by atoms with E-state index in [-0.39, 0.29) is 12.1 Å². The quantitative estimate of drug-likeness (QED) is 0.750. The lowest BCUT2D eigenvalue weighted by molar-refractivity contribution is 0.548. The molecule has 1 aliphatic carbocycles. The number of benzene rings is 1. The zero-order chi connectivity index (χ0) is 18.4. The molecule has 25 heavy (non-hydrogen) atoms. The van der Waals surface area contributed by atoms with Gasteiger partial charge in [0.25, 0.3) is 0 Å². The van der Waals surface area contributed by atoms with Crippen LogP contribution in [0.3, 0.4) is 0 Å². The average molecular weight is 368 g/mol. The Morgan fingerprint density at radius 1 is 1.28 bits per heavy atom. The number of nitrogens with one attached hydrogen (secondary N) is 1. The first kappa shape index (κ1) is 17.6. The summed E-state index contributed by atoms with van der Waals surface area (Å²) in [5.74, 6) is -1.64. The van der Waals surface area contributed by atoms with Gasteiger partial charge in [-0.2, -0.15) is 0 Å². The molecule has 134 valence electrons. The number of rotatable bonds is 5. The number of halogens is 2. The van der Waals surface area contributed by atoms with E-state index in [1.54, 1.807) is 0 Å². The number of primary sulfonamides is 1. The number of hydrogen-bond acceptors (Lipinski definition) is 5. The second-order valence-electron chi connectivity index (χ2n) is 6.13. The number of sulfonamides is 1. The topological polar surface area (TPSA) is 111 Å². The van der Waals surface area contributed by atoms with Crippen molar-refractivity contribution in [2.45, 2.75) is 37.1 Å². The standard InChI is InChI=1S/C16H18F2N4O2S/c1-8-15(9-2-3-9)16(14(19)7-21-8)22-6-11-12(17)4-10(5-13(11)18)25(20,23)24/h4-5,7,9H,2-3,6,19H2,1H3,(H,21,22)(H2,20,23,24). The number of pyridine rings is 1. The lowest BCUT2D eigenvalue weighted by Crippen LogP contribution is -2.15. The summed E-state index contributed by atoms with van der Waals surface area (Å²) in [6.45, 7) is 1.68. The molecule has 0 aliphatic heterocycles. The summed E-state index contributed by atoms with van der Waals surface area (Å²) in [7, 11) is -4.18. The Hall–Kier alpha value is -2.26. The molecule has 1 heterocycles. The molecule has 5 N–H and O–H groups in total. The first-order valence-corrected chi connectivity index (χ1v) is 9.22. The van der Waals surface area contributed by atoms with Gasteiger partial charge in [-0.1, -0.05) is 0 Å². The summed E-state index contributed by atoms with van der Waals surface area (Å²) < 4.78 is 50.8. The molecule has 1 aromatic carbocycles. The summed E-state index contributed by atoms with van der Waals surface area (Å²) in [5.41, 5.74) is 8.48. The highest BCUT2D eigenvalue weighted by Gasteiger charge is 2.29. The third-order valence-electron chi connectivity index (χ3n) is 4.22. The van der Waals surface area contributed by atoms with Crippen LogP contribution in [0.25, 0.3) is 0 Å². The fourth-order valence-corrected chi connectivity index (χ4v) is 3.33. The molecule has 2 aromatic rings. The number of hydrogen-bond donors (Lipinski definition) is 3. The van der Waals surface area contributed by atoms with Crippen LogP contribution >= 0.6 is 0 Å². The second kappa shape index (κ2) is 6.23. The summed E-state index contributed by atoms with van der Waals surface area (Å²) in [4.78, 5) is 3.63. The van der Waals surface area contributed by atoms with Crippen LogP contribution in [0.1, 0.15) is 35.6 Å². The first-order valence-electron chi connectivity index (χ1n) is 7.68. The molecule has 0 spiro atoms. The molecule has 1 saturated carbocycles. The van der Waals surface area contributed by atoms with Crippen LogP contribution in [0.5, 0.6) is 0 Å². The Kier molecular flexibility index (Phi) is 4.38. The van der Waals surface area contributed by atoms with Crippen molar-refractivity contribution in [3.63, 3.8) is 0 Å². The average Bonchev–Trinajstić information content (AvgIpc) is 3.33. The molecule has 0 saturated heterocycles. The summed E-state index contributed by atoms with van der Waals surface area (Å²) in [6, 6.07) is 1.41. The van der Waals surface area contributed by atoms with Crippen molar-refractivity contribution < 1.29 is 17.2 Å². The van der Waals surface area contributed by atoms with E-state index in [4.69, 9.17) is 10.9 Å². The van der Waals surface area contributed by atoms with E-state index in [1.807, 2.05) is 6.92 Å². The fraction of sp³-hybridized carbons (Fsp3) is 0.312. The first-order chi connectivity index (χ1) is 11.7.